The normalized spacial score (nSPS) is 10.8. The molecular formula is C22H25N3O7. The summed E-state index contributed by atoms with van der Waals surface area (Å²) in [6, 6.07) is 10.4. The largest absolute Gasteiger partial charge is 0.465 e. The van der Waals surface area contributed by atoms with E-state index in [1.54, 1.807) is 45.0 Å². The second kappa shape index (κ2) is 10.4. The molecule has 2 aromatic rings. The van der Waals surface area contributed by atoms with Crippen LogP contribution in [0.5, 0.6) is 0 Å². The van der Waals surface area contributed by atoms with Crippen LogP contribution in [0.15, 0.2) is 42.5 Å². The summed E-state index contributed by atoms with van der Waals surface area (Å²) in [7, 11) is 1.15. The van der Waals surface area contributed by atoms with Gasteiger partial charge >= 0.3 is 12.1 Å². The molecule has 0 spiro atoms. The van der Waals surface area contributed by atoms with E-state index in [1.807, 2.05) is 0 Å². The Kier molecular flexibility index (Phi) is 7.89. The Morgan fingerprint density at radius 1 is 1.03 bits per heavy atom. The lowest BCUT2D eigenvalue weighted by Gasteiger charge is -2.19. The number of nitro benzene ring substituents is 1. The molecule has 0 heterocycles. The van der Waals surface area contributed by atoms with Gasteiger partial charge in [-0.15, -0.1) is 0 Å². The second-order valence-corrected chi connectivity index (χ2v) is 7.85. The van der Waals surface area contributed by atoms with Gasteiger partial charge in [-0.05, 0) is 51.0 Å². The number of carbonyl (C=O) groups excluding carboxylic acids is 3. The monoisotopic (exact) mass is 443 g/mol. The highest BCUT2D eigenvalue weighted by Crippen LogP contribution is 2.18. The molecule has 2 amide bonds. The number of methoxy groups -OCH3 is 1. The van der Waals surface area contributed by atoms with Crippen LogP contribution in [0.4, 0.5) is 16.2 Å². The van der Waals surface area contributed by atoms with Gasteiger partial charge in [-0.25, -0.2) is 9.59 Å². The van der Waals surface area contributed by atoms with Crippen LogP contribution in [0.25, 0.3) is 0 Å². The van der Waals surface area contributed by atoms with E-state index in [0.717, 1.165) is 24.8 Å². The van der Waals surface area contributed by atoms with E-state index in [9.17, 15) is 24.5 Å². The maximum Gasteiger partial charge on any atom is 0.412 e. The van der Waals surface area contributed by atoms with Crippen LogP contribution in [0.2, 0.25) is 0 Å². The summed E-state index contributed by atoms with van der Waals surface area (Å²) in [5, 5.41) is 16.4. The molecule has 0 atom stereocenters. The number of carbonyl (C=O) groups is 3. The first-order valence-electron chi connectivity index (χ1n) is 9.73. The molecule has 10 nitrogen and oxygen atoms in total. The maximum atomic E-state index is 12.4. The third-order valence-electron chi connectivity index (χ3n) is 4.11. The molecule has 10 heteroatoms. The van der Waals surface area contributed by atoms with Crippen LogP contribution < -0.4 is 10.6 Å². The Labute approximate surface area is 185 Å². The summed E-state index contributed by atoms with van der Waals surface area (Å²) in [6.07, 6.45) is -0.0714. The van der Waals surface area contributed by atoms with Gasteiger partial charge in [0.1, 0.15) is 5.60 Å². The van der Waals surface area contributed by atoms with Gasteiger partial charge in [-0.2, -0.15) is 0 Å². The number of hydrogen-bond acceptors (Lipinski definition) is 7. The number of nitrogens with zero attached hydrogens (tertiary/aromatic N) is 1. The van der Waals surface area contributed by atoms with Crippen LogP contribution in [0.3, 0.4) is 0 Å². The molecule has 0 radical (unpaired) electrons. The summed E-state index contributed by atoms with van der Waals surface area (Å²) in [6.45, 7) is 5.57. The van der Waals surface area contributed by atoms with Crippen molar-refractivity contribution < 1.29 is 28.8 Å². The molecule has 0 bridgehead atoms. The average molecular weight is 443 g/mol. The van der Waals surface area contributed by atoms with Crippen molar-refractivity contribution in [2.45, 2.75) is 32.8 Å². The Bertz CT molecular complexity index is 1010. The summed E-state index contributed by atoms with van der Waals surface area (Å²) >= 11 is 0. The molecule has 2 N–H and O–H groups in total. The van der Waals surface area contributed by atoms with Crippen LogP contribution in [0, 0.1) is 10.1 Å². The van der Waals surface area contributed by atoms with Crippen LogP contribution >= 0.6 is 0 Å². The minimum Gasteiger partial charge on any atom is -0.465 e. The van der Waals surface area contributed by atoms with E-state index >= 15 is 0 Å². The van der Waals surface area contributed by atoms with Gasteiger partial charge in [0.25, 0.3) is 11.6 Å². The van der Waals surface area contributed by atoms with E-state index in [2.05, 4.69) is 15.4 Å². The lowest BCUT2D eigenvalue weighted by molar-refractivity contribution is -0.384. The quantitative estimate of drug-likeness (QED) is 0.378. The number of ether oxygens (including phenoxy) is 2. The van der Waals surface area contributed by atoms with Crippen molar-refractivity contribution in [1.82, 2.24) is 5.32 Å². The molecule has 170 valence electrons. The molecule has 0 saturated heterocycles. The topological polar surface area (TPSA) is 137 Å². The molecule has 0 fully saturated rings. The van der Waals surface area contributed by atoms with E-state index in [0.29, 0.717) is 12.1 Å². The number of esters is 1. The van der Waals surface area contributed by atoms with E-state index in [1.165, 1.54) is 6.07 Å². The number of amides is 2. The maximum absolute atomic E-state index is 12.4. The summed E-state index contributed by atoms with van der Waals surface area (Å²) < 4.78 is 9.76. The molecule has 32 heavy (non-hydrogen) atoms. The number of nitro groups is 1. The van der Waals surface area contributed by atoms with E-state index in [-0.39, 0.29) is 23.4 Å². The highest BCUT2D eigenvalue weighted by atomic mass is 16.6. The van der Waals surface area contributed by atoms with Crippen LogP contribution in [-0.2, 0) is 15.9 Å². The van der Waals surface area contributed by atoms with Crippen molar-refractivity contribution >= 4 is 29.3 Å². The number of anilines is 1. The third-order valence-corrected chi connectivity index (χ3v) is 4.11. The molecule has 0 aromatic heterocycles. The molecule has 0 aliphatic heterocycles. The first-order chi connectivity index (χ1) is 15.0. The van der Waals surface area contributed by atoms with E-state index in [4.69, 9.17) is 4.74 Å². The van der Waals surface area contributed by atoms with Crippen molar-refractivity contribution in [3.8, 4) is 0 Å². The van der Waals surface area contributed by atoms with Crippen molar-refractivity contribution in [2.24, 2.45) is 0 Å². The number of nitrogens with one attached hydrogen (secondary N) is 2. The minimum absolute atomic E-state index is 0.0171. The van der Waals surface area contributed by atoms with Crippen molar-refractivity contribution in [3.63, 3.8) is 0 Å². The average Bonchev–Trinajstić information content (AvgIpc) is 2.72. The predicted molar refractivity (Wildman–Crippen MR) is 117 cm³/mol. The lowest BCUT2D eigenvalue weighted by Crippen LogP contribution is -2.27. The minimum atomic E-state index is -0.775. The summed E-state index contributed by atoms with van der Waals surface area (Å²) in [4.78, 5) is 46.3. The highest BCUT2D eigenvalue weighted by molar-refractivity contribution is 5.99. The zero-order chi connectivity index (χ0) is 23.9. The zero-order valence-corrected chi connectivity index (χ0v) is 18.3. The van der Waals surface area contributed by atoms with Crippen molar-refractivity contribution in [3.05, 3.63) is 69.3 Å². The Hall–Kier alpha value is -3.95. The van der Waals surface area contributed by atoms with Gasteiger partial charge in [0.15, 0.2) is 0 Å². The third kappa shape index (κ3) is 7.38. The molecule has 0 aliphatic carbocycles. The van der Waals surface area contributed by atoms with Gasteiger partial charge in [-0.1, -0.05) is 12.1 Å². The van der Waals surface area contributed by atoms with E-state index < -0.39 is 28.5 Å². The zero-order valence-electron chi connectivity index (χ0n) is 18.3. The first kappa shape index (κ1) is 24.3. The Morgan fingerprint density at radius 2 is 1.66 bits per heavy atom. The number of hydrogen-bond donors (Lipinski definition) is 2. The smallest absolute Gasteiger partial charge is 0.412 e. The van der Waals surface area contributed by atoms with Crippen LogP contribution in [-0.4, -0.2) is 42.1 Å². The van der Waals surface area contributed by atoms with Crippen molar-refractivity contribution in [2.75, 3.05) is 19.0 Å². The molecule has 2 aromatic carbocycles. The number of rotatable bonds is 7. The fraction of sp³-hybridized carbons (Fsp3) is 0.318. The fourth-order valence-corrected chi connectivity index (χ4v) is 2.68. The molecule has 0 aliphatic rings. The highest BCUT2D eigenvalue weighted by Gasteiger charge is 2.18. The lowest BCUT2D eigenvalue weighted by atomic mass is 10.1. The SMILES string of the molecule is COC(=O)c1cc(C(=O)NCCc2ccc(NC(=O)OC(C)(C)C)cc2)cc([N+](=O)[O-])c1. The first-order valence-corrected chi connectivity index (χ1v) is 9.73. The molecule has 0 saturated carbocycles. The molecular weight excluding hydrogens is 418 g/mol. The number of benzene rings is 2. The van der Waals surface area contributed by atoms with Gasteiger partial charge in [0.05, 0.1) is 17.6 Å². The van der Waals surface area contributed by atoms with Gasteiger partial charge < -0.3 is 14.8 Å². The summed E-state index contributed by atoms with van der Waals surface area (Å²) in [5.41, 5.74) is 0.384. The second-order valence-electron chi connectivity index (χ2n) is 7.85. The Balaban J connectivity index is 1.95. The fourth-order valence-electron chi connectivity index (χ4n) is 2.68. The molecule has 2 rings (SSSR count). The number of non-ortho nitro benzene ring substituents is 1. The van der Waals surface area contributed by atoms with Gasteiger partial charge in [0, 0.05) is 29.9 Å². The van der Waals surface area contributed by atoms with Gasteiger partial charge in [0.2, 0.25) is 0 Å². The standard InChI is InChI=1S/C22H25N3O7/c1-22(2,3)32-21(28)24-17-7-5-14(6-8-17)9-10-23-19(26)15-11-16(20(27)31-4)13-18(12-15)25(29)30/h5-8,11-13H,9-10H2,1-4H3,(H,23,26)(H,24,28). The molecule has 0 unspecified atom stereocenters. The predicted octanol–water partition coefficient (Wildman–Crippen LogP) is 3.70. The summed E-state index contributed by atoms with van der Waals surface area (Å²) in [5.74, 6) is -1.33. The Morgan fingerprint density at radius 3 is 2.22 bits per heavy atom. The van der Waals surface area contributed by atoms with Gasteiger partial charge in [-0.3, -0.25) is 20.2 Å². The van der Waals surface area contributed by atoms with Crippen molar-refractivity contribution in [1.29, 1.82) is 0 Å². The van der Waals surface area contributed by atoms with Crippen LogP contribution in [0.1, 0.15) is 47.1 Å².